The lowest BCUT2D eigenvalue weighted by molar-refractivity contribution is 0.108. The van der Waals surface area contributed by atoms with E-state index in [4.69, 9.17) is 4.74 Å². The SMILES string of the molecule is CCOc1ccc2[nH]c(=O)c([C@H](c3nnnn3Cc3ccccc3)N3CCN(CC)CC3)cc2c1. The van der Waals surface area contributed by atoms with E-state index in [1.54, 1.807) is 0 Å². The van der Waals surface area contributed by atoms with E-state index in [1.807, 2.05) is 54.1 Å². The van der Waals surface area contributed by atoms with Crippen molar-refractivity contribution in [2.75, 3.05) is 39.3 Å². The summed E-state index contributed by atoms with van der Waals surface area (Å²) >= 11 is 0. The Hall–Kier alpha value is -3.56. The molecule has 9 heteroatoms. The van der Waals surface area contributed by atoms with Gasteiger partial charge < -0.3 is 14.6 Å². The van der Waals surface area contributed by atoms with Crippen LogP contribution in [0.15, 0.2) is 59.4 Å². The highest BCUT2D eigenvalue weighted by atomic mass is 16.5. The molecule has 3 heterocycles. The molecule has 4 aromatic rings. The van der Waals surface area contributed by atoms with Crippen LogP contribution in [0.3, 0.4) is 0 Å². The third-order valence-corrected chi connectivity index (χ3v) is 6.65. The number of hydrogen-bond acceptors (Lipinski definition) is 7. The molecule has 0 spiro atoms. The van der Waals surface area contributed by atoms with E-state index in [9.17, 15) is 4.79 Å². The highest BCUT2D eigenvalue weighted by Crippen LogP contribution is 2.29. The third-order valence-electron chi connectivity index (χ3n) is 6.65. The van der Waals surface area contributed by atoms with Crippen LogP contribution in [0, 0.1) is 0 Å². The monoisotopic (exact) mass is 473 g/mol. The van der Waals surface area contributed by atoms with Crippen molar-refractivity contribution in [2.24, 2.45) is 0 Å². The molecule has 1 saturated heterocycles. The molecule has 0 saturated carbocycles. The van der Waals surface area contributed by atoms with Crippen LogP contribution in [0.2, 0.25) is 0 Å². The van der Waals surface area contributed by atoms with E-state index in [0.29, 0.717) is 24.5 Å². The van der Waals surface area contributed by atoms with Gasteiger partial charge in [0.25, 0.3) is 5.56 Å². The number of tetrazole rings is 1. The first kappa shape index (κ1) is 23.2. The van der Waals surface area contributed by atoms with Crippen LogP contribution >= 0.6 is 0 Å². The van der Waals surface area contributed by atoms with Crippen molar-refractivity contribution in [2.45, 2.75) is 26.4 Å². The van der Waals surface area contributed by atoms with Gasteiger partial charge in [-0.3, -0.25) is 9.69 Å². The summed E-state index contributed by atoms with van der Waals surface area (Å²) in [5, 5.41) is 13.7. The van der Waals surface area contributed by atoms with Gasteiger partial charge in [0.1, 0.15) is 11.8 Å². The van der Waals surface area contributed by atoms with Crippen molar-refractivity contribution in [1.82, 2.24) is 35.0 Å². The van der Waals surface area contributed by atoms with Crippen LogP contribution in [0.1, 0.15) is 36.8 Å². The van der Waals surface area contributed by atoms with Gasteiger partial charge in [-0.15, -0.1) is 5.10 Å². The number of H-pyrrole nitrogens is 1. The Morgan fingerprint density at radius 2 is 1.83 bits per heavy atom. The average Bonchev–Trinajstić information content (AvgIpc) is 3.33. The zero-order valence-corrected chi connectivity index (χ0v) is 20.2. The van der Waals surface area contributed by atoms with Crippen molar-refractivity contribution in [1.29, 1.82) is 0 Å². The summed E-state index contributed by atoms with van der Waals surface area (Å²) in [6.45, 7) is 9.80. The number of ether oxygens (including phenoxy) is 1. The van der Waals surface area contributed by atoms with Gasteiger partial charge in [0, 0.05) is 42.6 Å². The van der Waals surface area contributed by atoms with Crippen LogP contribution in [0.4, 0.5) is 0 Å². The molecule has 9 nitrogen and oxygen atoms in total. The summed E-state index contributed by atoms with van der Waals surface area (Å²) in [6.07, 6.45) is 0. The lowest BCUT2D eigenvalue weighted by atomic mass is 10.0. The second kappa shape index (κ2) is 10.4. The summed E-state index contributed by atoms with van der Waals surface area (Å²) in [5.41, 5.74) is 2.39. The van der Waals surface area contributed by atoms with E-state index in [1.165, 1.54) is 0 Å². The topological polar surface area (TPSA) is 92.2 Å². The molecule has 35 heavy (non-hydrogen) atoms. The van der Waals surface area contributed by atoms with Crippen LogP contribution in [-0.4, -0.2) is 74.3 Å². The quantitative estimate of drug-likeness (QED) is 0.421. The first-order chi connectivity index (χ1) is 17.2. The largest absolute Gasteiger partial charge is 0.494 e. The molecular formula is C26H31N7O2. The van der Waals surface area contributed by atoms with Gasteiger partial charge in [0.05, 0.1) is 13.2 Å². The second-order valence-corrected chi connectivity index (χ2v) is 8.79. The molecule has 1 N–H and O–H groups in total. The molecule has 182 valence electrons. The molecule has 2 aromatic carbocycles. The molecular weight excluding hydrogens is 442 g/mol. The molecule has 0 aliphatic carbocycles. The van der Waals surface area contributed by atoms with Crippen molar-refractivity contribution in [3.63, 3.8) is 0 Å². The van der Waals surface area contributed by atoms with Crippen molar-refractivity contribution < 1.29 is 4.74 Å². The Labute approximate surface area is 204 Å². The lowest BCUT2D eigenvalue weighted by Crippen LogP contribution is -2.49. The Kier molecular flexibility index (Phi) is 6.87. The zero-order valence-electron chi connectivity index (χ0n) is 20.2. The summed E-state index contributed by atoms with van der Waals surface area (Å²) in [7, 11) is 0. The number of nitrogens with one attached hydrogen (secondary N) is 1. The number of aromatic nitrogens is 5. The number of benzene rings is 2. The molecule has 0 amide bonds. The highest BCUT2D eigenvalue weighted by molar-refractivity contribution is 5.80. The van der Waals surface area contributed by atoms with Gasteiger partial charge in [-0.05, 0) is 53.7 Å². The van der Waals surface area contributed by atoms with Gasteiger partial charge in [-0.25, -0.2) is 4.68 Å². The predicted octanol–water partition coefficient (Wildman–Crippen LogP) is 2.69. The van der Waals surface area contributed by atoms with Crippen LogP contribution in [0.5, 0.6) is 5.75 Å². The molecule has 5 rings (SSSR count). The highest BCUT2D eigenvalue weighted by Gasteiger charge is 2.32. The molecule has 0 bridgehead atoms. The minimum absolute atomic E-state index is 0.126. The number of rotatable bonds is 8. The predicted molar refractivity (Wildman–Crippen MR) is 135 cm³/mol. The molecule has 1 aliphatic rings. The Balaban J connectivity index is 1.59. The average molecular weight is 474 g/mol. The smallest absolute Gasteiger partial charge is 0.253 e. The minimum atomic E-state index is -0.364. The number of aromatic amines is 1. The number of hydrogen-bond donors (Lipinski definition) is 1. The number of likely N-dealkylation sites (N-methyl/N-ethyl adjacent to an activating group) is 1. The standard InChI is InChI=1S/C26H31N7O2/c1-3-31-12-14-32(15-13-31)24(25-28-29-30-33(25)18-19-8-6-5-7-9-19)22-17-20-16-21(35-4-2)10-11-23(20)27-26(22)34/h5-11,16-17,24H,3-4,12-15,18H2,1-2H3,(H,27,34)/t24-/m1/s1. The number of fused-ring (bicyclic) bond motifs is 1. The van der Waals surface area contributed by atoms with E-state index in [-0.39, 0.29) is 11.6 Å². The second-order valence-electron chi connectivity index (χ2n) is 8.79. The first-order valence-electron chi connectivity index (χ1n) is 12.2. The van der Waals surface area contributed by atoms with E-state index in [0.717, 1.165) is 54.9 Å². The summed E-state index contributed by atoms with van der Waals surface area (Å²) in [4.78, 5) is 21.2. The molecule has 1 fully saturated rings. The van der Waals surface area contributed by atoms with Gasteiger partial charge in [-0.1, -0.05) is 37.3 Å². The fourth-order valence-corrected chi connectivity index (χ4v) is 4.77. The third kappa shape index (κ3) is 4.96. The Morgan fingerprint density at radius 1 is 1.03 bits per heavy atom. The van der Waals surface area contributed by atoms with Crippen molar-refractivity contribution in [3.8, 4) is 5.75 Å². The molecule has 0 radical (unpaired) electrons. The summed E-state index contributed by atoms with van der Waals surface area (Å²) in [5.74, 6) is 1.45. The summed E-state index contributed by atoms with van der Waals surface area (Å²) < 4.78 is 7.51. The maximum absolute atomic E-state index is 13.4. The van der Waals surface area contributed by atoms with Gasteiger partial charge in [0.15, 0.2) is 5.82 Å². The van der Waals surface area contributed by atoms with Crippen LogP contribution in [0.25, 0.3) is 10.9 Å². The number of piperazine rings is 1. The maximum atomic E-state index is 13.4. The minimum Gasteiger partial charge on any atom is -0.494 e. The fourth-order valence-electron chi connectivity index (χ4n) is 4.77. The van der Waals surface area contributed by atoms with Crippen molar-refractivity contribution >= 4 is 10.9 Å². The van der Waals surface area contributed by atoms with Crippen LogP contribution < -0.4 is 10.3 Å². The zero-order chi connectivity index (χ0) is 24.2. The van der Waals surface area contributed by atoms with E-state index >= 15 is 0 Å². The number of nitrogens with zero attached hydrogens (tertiary/aromatic N) is 6. The van der Waals surface area contributed by atoms with Gasteiger partial charge >= 0.3 is 0 Å². The summed E-state index contributed by atoms with van der Waals surface area (Å²) in [6, 6.07) is 17.4. The fraction of sp³-hybridized carbons (Fsp3) is 0.385. The Morgan fingerprint density at radius 3 is 2.57 bits per heavy atom. The number of pyridine rings is 1. The van der Waals surface area contributed by atoms with E-state index < -0.39 is 0 Å². The lowest BCUT2D eigenvalue weighted by Gasteiger charge is -2.38. The Bertz CT molecular complexity index is 1330. The van der Waals surface area contributed by atoms with Crippen molar-refractivity contribution in [3.05, 3.63) is 81.9 Å². The van der Waals surface area contributed by atoms with Gasteiger partial charge in [-0.2, -0.15) is 0 Å². The molecule has 0 unspecified atom stereocenters. The normalized spacial score (nSPS) is 15.9. The van der Waals surface area contributed by atoms with Gasteiger partial charge in [0.2, 0.25) is 0 Å². The first-order valence-corrected chi connectivity index (χ1v) is 12.2. The molecule has 2 aromatic heterocycles. The molecule has 1 atom stereocenters. The van der Waals surface area contributed by atoms with E-state index in [2.05, 4.69) is 49.4 Å². The maximum Gasteiger partial charge on any atom is 0.253 e. The van der Waals surface area contributed by atoms with Crippen LogP contribution in [-0.2, 0) is 6.54 Å². The molecule has 1 aliphatic heterocycles.